The number of rotatable bonds is 4. The number of hydrogen-bond acceptors (Lipinski definition) is 5. The number of ether oxygens (including phenoxy) is 1. The molecule has 2 aromatic heterocycles. The summed E-state index contributed by atoms with van der Waals surface area (Å²) in [5.74, 6) is -0.0201. The van der Waals surface area contributed by atoms with Crippen molar-refractivity contribution < 1.29 is 9.53 Å². The topological polar surface area (TPSA) is 69.0 Å². The van der Waals surface area contributed by atoms with E-state index >= 15 is 0 Å². The van der Waals surface area contributed by atoms with Gasteiger partial charge in [0.25, 0.3) is 0 Å². The Bertz CT molecular complexity index is 1350. The molecule has 33 heavy (non-hydrogen) atoms. The number of Topliss-reactive ketones (excluding diaryl/α,β-unsaturated/α-hetero) is 1. The summed E-state index contributed by atoms with van der Waals surface area (Å²) < 4.78 is 8.67. The number of piperidine rings is 1. The highest BCUT2D eigenvalue weighted by Crippen LogP contribution is 2.49. The van der Waals surface area contributed by atoms with Gasteiger partial charge >= 0.3 is 0 Å². The first kappa shape index (κ1) is 20.5. The van der Waals surface area contributed by atoms with Crippen molar-refractivity contribution >= 4 is 28.3 Å². The van der Waals surface area contributed by atoms with Gasteiger partial charge < -0.3 is 14.6 Å². The van der Waals surface area contributed by atoms with Gasteiger partial charge in [-0.2, -0.15) is 0 Å². The maximum atomic E-state index is 14.0. The van der Waals surface area contributed by atoms with E-state index in [0.717, 1.165) is 53.5 Å². The molecule has 2 aliphatic rings. The number of carbonyl (C=O) groups is 1. The van der Waals surface area contributed by atoms with Crippen molar-refractivity contribution in [3.8, 4) is 0 Å². The molecule has 0 radical (unpaired) electrons. The van der Waals surface area contributed by atoms with Crippen LogP contribution >= 0.6 is 11.6 Å². The molecular weight excluding hydrogens is 436 g/mol. The van der Waals surface area contributed by atoms with Crippen molar-refractivity contribution in [2.75, 3.05) is 13.1 Å². The largest absolute Gasteiger partial charge is 0.354 e. The van der Waals surface area contributed by atoms with Crippen LogP contribution in [0.3, 0.4) is 0 Å². The van der Waals surface area contributed by atoms with Crippen molar-refractivity contribution in [3.63, 3.8) is 0 Å². The number of nitrogens with zero attached hydrogens (tertiary/aromatic N) is 3. The van der Waals surface area contributed by atoms with E-state index in [0.29, 0.717) is 17.1 Å². The summed E-state index contributed by atoms with van der Waals surface area (Å²) in [5, 5.41) is 4.90. The molecule has 1 atom stereocenters. The molecule has 6 nitrogen and oxygen atoms in total. The van der Waals surface area contributed by atoms with Gasteiger partial charge in [0.15, 0.2) is 5.78 Å². The average molecular weight is 459 g/mol. The fourth-order valence-corrected chi connectivity index (χ4v) is 5.41. The molecule has 4 aromatic rings. The quantitative estimate of drug-likeness (QED) is 0.450. The van der Waals surface area contributed by atoms with Crippen molar-refractivity contribution in [2.45, 2.75) is 31.1 Å². The monoisotopic (exact) mass is 458 g/mol. The van der Waals surface area contributed by atoms with Gasteiger partial charge in [-0.15, -0.1) is 0 Å². The first-order valence-electron chi connectivity index (χ1n) is 11.2. The van der Waals surface area contributed by atoms with Gasteiger partial charge in [-0.05, 0) is 49.2 Å². The van der Waals surface area contributed by atoms with Crippen molar-refractivity contribution in [3.05, 3.63) is 94.7 Å². The Kier molecular flexibility index (Phi) is 5.02. The third-order valence-electron chi connectivity index (χ3n) is 6.80. The van der Waals surface area contributed by atoms with Gasteiger partial charge in [-0.3, -0.25) is 4.79 Å². The van der Waals surface area contributed by atoms with Crippen LogP contribution in [0, 0.1) is 0 Å². The molecule has 1 fully saturated rings. The number of carbonyl (C=O) groups excluding carboxylic acids is 1. The Morgan fingerprint density at radius 2 is 1.94 bits per heavy atom. The third kappa shape index (κ3) is 3.46. The van der Waals surface area contributed by atoms with E-state index in [9.17, 15) is 4.79 Å². The second-order valence-corrected chi connectivity index (χ2v) is 9.21. The van der Waals surface area contributed by atoms with Crippen molar-refractivity contribution in [1.29, 1.82) is 0 Å². The molecule has 0 aliphatic carbocycles. The number of hydrogen-bond donors (Lipinski definition) is 1. The van der Waals surface area contributed by atoms with Gasteiger partial charge in [0.1, 0.15) is 12.4 Å². The first-order valence-corrected chi connectivity index (χ1v) is 11.6. The predicted octanol–water partition coefficient (Wildman–Crippen LogP) is 4.67. The van der Waals surface area contributed by atoms with E-state index in [1.807, 2.05) is 47.2 Å². The van der Waals surface area contributed by atoms with Crippen LogP contribution in [0.2, 0.25) is 5.02 Å². The van der Waals surface area contributed by atoms with Gasteiger partial charge in [0, 0.05) is 40.1 Å². The Morgan fingerprint density at radius 1 is 1.15 bits per heavy atom. The van der Waals surface area contributed by atoms with E-state index in [2.05, 4.69) is 21.4 Å². The smallest absolute Gasteiger partial charge is 0.198 e. The van der Waals surface area contributed by atoms with E-state index in [1.165, 1.54) is 6.33 Å². The number of halogens is 1. The lowest BCUT2D eigenvalue weighted by atomic mass is 9.84. The minimum absolute atomic E-state index is 0.0201. The molecule has 6 rings (SSSR count). The van der Waals surface area contributed by atoms with Crippen LogP contribution in [-0.4, -0.2) is 33.4 Å². The molecule has 0 bridgehead atoms. The summed E-state index contributed by atoms with van der Waals surface area (Å²) in [6.07, 6.45) is 8.08. The highest BCUT2D eigenvalue weighted by atomic mass is 35.5. The molecule has 1 spiro atoms. The molecule has 166 valence electrons. The molecular formula is C26H23ClN4O2. The normalized spacial score (nSPS) is 19.1. The summed E-state index contributed by atoms with van der Waals surface area (Å²) in [4.78, 5) is 22.2. The summed E-state index contributed by atoms with van der Waals surface area (Å²) in [5.41, 5.74) is 4.23. The second-order valence-electron chi connectivity index (χ2n) is 8.77. The van der Waals surface area contributed by atoms with E-state index in [4.69, 9.17) is 16.3 Å². The fourth-order valence-electron chi connectivity index (χ4n) is 5.25. The van der Waals surface area contributed by atoms with Gasteiger partial charge in [-0.25, -0.2) is 9.97 Å². The molecule has 2 aliphatic heterocycles. The lowest BCUT2D eigenvalue weighted by Crippen LogP contribution is -2.40. The maximum Gasteiger partial charge on any atom is 0.198 e. The van der Waals surface area contributed by atoms with Crippen molar-refractivity contribution in [1.82, 2.24) is 19.9 Å². The fraction of sp³-hybridized carbons (Fsp3) is 0.269. The summed E-state index contributed by atoms with van der Waals surface area (Å²) >= 11 is 6.32. The Hall–Kier alpha value is -3.06. The zero-order valence-electron chi connectivity index (χ0n) is 18.0. The summed E-state index contributed by atoms with van der Waals surface area (Å²) in [6, 6.07) is 13.8. The zero-order chi connectivity index (χ0) is 22.4. The highest BCUT2D eigenvalue weighted by Gasteiger charge is 2.48. The van der Waals surface area contributed by atoms with Crippen LogP contribution in [0.4, 0.5) is 0 Å². The second kappa shape index (κ2) is 8.06. The summed E-state index contributed by atoms with van der Waals surface area (Å²) in [7, 11) is 0. The molecule has 4 heterocycles. The van der Waals surface area contributed by atoms with Gasteiger partial charge in [0.2, 0.25) is 0 Å². The number of benzene rings is 2. The maximum absolute atomic E-state index is 14.0. The molecule has 0 saturated carbocycles. The number of fused-ring (bicyclic) bond motifs is 3. The molecule has 1 saturated heterocycles. The van der Waals surface area contributed by atoms with Crippen LogP contribution in [0.25, 0.3) is 10.9 Å². The Labute approximate surface area is 196 Å². The Morgan fingerprint density at radius 3 is 2.76 bits per heavy atom. The van der Waals surface area contributed by atoms with E-state index in [1.54, 1.807) is 12.4 Å². The zero-order valence-corrected chi connectivity index (χ0v) is 18.8. The van der Waals surface area contributed by atoms with Crippen LogP contribution in [0.1, 0.15) is 46.0 Å². The molecule has 1 N–H and O–H groups in total. The van der Waals surface area contributed by atoms with E-state index in [-0.39, 0.29) is 5.78 Å². The third-order valence-corrected chi connectivity index (χ3v) is 7.04. The lowest BCUT2D eigenvalue weighted by molar-refractivity contribution is -0.0805. The van der Waals surface area contributed by atoms with Gasteiger partial charge in [-0.1, -0.05) is 41.9 Å². The predicted molar refractivity (Wildman–Crippen MR) is 126 cm³/mol. The van der Waals surface area contributed by atoms with Crippen LogP contribution in [-0.2, 0) is 16.9 Å². The molecule has 2 aromatic carbocycles. The standard InChI is InChI=1S/C26H23ClN4O2/c27-18-5-6-19-21(15-31(23(19)11-18)14-17-12-29-16-30-13-17)24(32)25-20-3-1-2-4-22(20)26(33-25)7-9-28-10-8-26/h1-6,11-13,15-16,25,28H,7-10,14H2/t25-/m1/s1. The van der Waals surface area contributed by atoms with Crippen LogP contribution < -0.4 is 5.32 Å². The van der Waals surface area contributed by atoms with E-state index < -0.39 is 11.7 Å². The highest BCUT2D eigenvalue weighted by molar-refractivity contribution is 6.31. The molecule has 0 unspecified atom stereocenters. The lowest BCUT2D eigenvalue weighted by Gasteiger charge is -2.34. The minimum Gasteiger partial charge on any atom is -0.354 e. The Balaban J connectivity index is 1.43. The average Bonchev–Trinajstić information content (AvgIpc) is 3.36. The number of aromatic nitrogens is 3. The molecule has 0 amide bonds. The first-order chi connectivity index (χ1) is 16.1. The van der Waals surface area contributed by atoms with Crippen LogP contribution in [0.5, 0.6) is 0 Å². The van der Waals surface area contributed by atoms with Gasteiger partial charge in [0.05, 0.1) is 17.7 Å². The SMILES string of the molecule is O=C(c1cn(Cc2cncnc2)c2cc(Cl)ccc12)[C@@H]1OC2(CCNCC2)c2ccccc21. The summed E-state index contributed by atoms with van der Waals surface area (Å²) in [6.45, 7) is 2.31. The number of ketones is 1. The minimum atomic E-state index is -0.617. The van der Waals surface area contributed by atoms with Crippen molar-refractivity contribution in [2.24, 2.45) is 0 Å². The molecule has 7 heteroatoms. The number of nitrogens with one attached hydrogen (secondary N) is 1. The van der Waals surface area contributed by atoms with Crippen LogP contribution in [0.15, 0.2) is 67.4 Å².